The fourth-order valence-corrected chi connectivity index (χ4v) is 5.62. The number of non-ortho nitro benzene ring substituents is 1. The van der Waals surface area contributed by atoms with Crippen molar-refractivity contribution in [1.29, 1.82) is 0 Å². The summed E-state index contributed by atoms with van der Waals surface area (Å²) in [6.07, 6.45) is 6.20. The summed E-state index contributed by atoms with van der Waals surface area (Å²) in [6.45, 7) is 0. The Bertz CT molecular complexity index is 1370. The molecule has 222 valence electrons. The van der Waals surface area contributed by atoms with E-state index in [0.717, 1.165) is 43.4 Å². The lowest BCUT2D eigenvalue weighted by Gasteiger charge is -2.33. The molecule has 0 saturated heterocycles. The fraction of sp³-hybridized carbons (Fsp3) is 0.394. The molecule has 1 fully saturated rings. The molecule has 1 aliphatic rings. The Hall–Kier alpha value is -4.40. The lowest BCUT2D eigenvalue weighted by molar-refractivity contribution is -0.384. The topological polar surface area (TPSA) is 108 Å². The number of Topliss-reactive ketones (excluding diaryl/α,β-unsaturated/α-hetero) is 1. The minimum atomic E-state index is -0.964. The van der Waals surface area contributed by atoms with Crippen LogP contribution in [0.3, 0.4) is 0 Å². The van der Waals surface area contributed by atoms with E-state index in [4.69, 9.17) is 14.2 Å². The predicted molar refractivity (Wildman–Crippen MR) is 160 cm³/mol. The molecule has 4 rings (SSSR count). The van der Waals surface area contributed by atoms with Crippen molar-refractivity contribution >= 4 is 23.1 Å². The van der Waals surface area contributed by atoms with E-state index >= 15 is 0 Å². The first kappa shape index (κ1) is 30.6. The van der Waals surface area contributed by atoms with Crippen LogP contribution in [0.4, 0.5) is 11.4 Å². The number of hydrogen-bond acceptors (Lipinski definition) is 7. The number of ether oxygens (including phenoxy) is 3. The second-order valence-corrected chi connectivity index (χ2v) is 10.6. The summed E-state index contributed by atoms with van der Waals surface area (Å²) < 4.78 is 16.2. The zero-order valence-corrected chi connectivity index (χ0v) is 24.4. The molecule has 1 amide bonds. The molecule has 0 heterocycles. The van der Waals surface area contributed by atoms with Gasteiger partial charge in [0.15, 0.2) is 17.3 Å². The SMILES string of the molecule is COc1ccc(CCC(=O)N(c2ccc(OC)c(OC)c2)C(C(=O)CC2CCCCC2)c2ccc([N+](=O)[O-])cc2)cc1. The maximum absolute atomic E-state index is 14.2. The summed E-state index contributed by atoms with van der Waals surface area (Å²) in [5, 5.41) is 11.4. The van der Waals surface area contributed by atoms with Gasteiger partial charge in [0.05, 0.1) is 26.3 Å². The van der Waals surface area contributed by atoms with E-state index in [1.165, 1.54) is 31.3 Å². The molecule has 3 aromatic carbocycles. The third kappa shape index (κ3) is 7.46. The highest BCUT2D eigenvalue weighted by atomic mass is 16.6. The predicted octanol–water partition coefficient (Wildman–Crippen LogP) is 6.87. The van der Waals surface area contributed by atoms with Crippen LogP contribution in [0.25, 0.3) is 0 Å². The van der Waals surface area contributed by atoms with Gasteiger partial charge in [-0.2, -0.15) is 0 Å². The number of anilines is 1. The Morgan fingerprint density at radius 1 is 0.881 bits per heavy atom. The van der Waals surface area contributed by atoms with Crippen LogP contribution in [0, 0.1) is 16.0 Å². The molecule has 0 spiro atoms. The molecular formula is C33H38N2O7. The Morgan fingerprint density at radius 2 is 1.55 bits per heavy atom. The number of carbonyl (C=O) groups excluding carboxylic acids is 2. The van der Waals surface area contributed by atoms with Gasteiger partial charge in [0, 0.05) is 36.7 Å². The number of benzene rings is 3. The molecule has 1 aliphatic carbocycles. The van der Waals surface area contributed by atoms with Crippen LogP contribution in [0.1, 0.15) is 62.1 Å². The van der Waals surface area contributed by atoms with E-state index in [1.54, 1.807) is 37.4 Å². The maximum atomic E-state index is 14.2. The van der Waals surface area contributed by atoms with Crippen molar-refractivity contribution in [3.63, 3.8) is 0 Å². The van der Waals surface area contributed by atoms with Crippen LogP contribution < -0.4 is 19.1 Å². The van der Waals surface area contributed by atoms with Gasteiger partial charge in [-0.25, -0.2) is 0 Å². The third-order valence-corrected chi connectivity index (χ3v) is 7.90. The summed E-state index contributed by atoms with van der Waals surface area (Å²) >= 11 is 0. The largest absolute Gasteiger partial charge is 0.497 e. The molecule has 0 aromatic heterocycles. The number of aryl methyl sites for hydroxylation is 1. The number of amides is 1. The van der Waals surface area contributed by atoms with Crippen LogP contribution in [0.2, 0.25) is 0 Å². The lowest BCUT2D eigenvalue weighted by Crippen LogP contribution is -2.40. The van der Waals surface area contributed by atoms with Gasteiger partial charge in [0.25, 0.3) is 5.69 Å². The number of nitro groups is 1. The van der Waals surface area contributed by atoms with Crippen molar-refractivity contribution < 1.29 is 28.7 Å². The van der Waals surface area contributed by atoms with Gasteiger partial charge in [-0.3, -0.25) is 24.6 Å². The summed E-state index contributed by atoms with van der Waals surface area (Å²) in [6, 6.07) is 17.6. The van der Waals surface area contributed by atoms with E-state index in [2.05, 4.69) is 0 Å². The van der Waals surface area contributed by atoms with Gasteiger partial charge < -0.3 is 14.2 Å². The van der Waals surface area contributed by atoms with Crippen LogP contribution >= 0.6 is 0 Å². The molecule has 3 aromatic rings. The van der Waals surface area contributed by atoms with Crippen molar-refractivity contribution in [2.75, 3.05) is 26.2 Å². The molecule has 0 radical (unpaired) electrons. The van der Waals surface area contributed by atoms with Gasteiger partial charge >= 0.3 is 0 Å². The first-order valence-corrected chi connectivity index (χ1v) is 14.3. The fourth-order valence-electron chi connectivity index (χ4n) is 5.62. The van der Waals surface area contributed by atoms with Gasteiger partial charge in [-0.1, -0.05) is 44.2 Å². The van der Waals surface area contributed by atoms with Crippen LogP contribution in [0.5, 0.6) is 17.2 Å². The number of ketones is 1. The van der Waals surface area contributed by atoms with E-state index in [1.807, 2.05) is 24.3 Å². The average Bonchev–Trinajstić information content (AvgIpc) is 3.02. The minimum absolute atomic E-state index is 0.0827. The third-order valence-electron chi connectivity index (χ3n) is 7.90. The van der Waals surface area contributed by atoms with Crippen molar-refractivity contribution in [2.45, 2.75) is 57.4 Å². The number of hydrogen-bond donors (Lipinski definition) is 0. The molecule has 9 heteroatoms. The maximum Gasteiger partial charge on any atom is 0.269 e. The monoisotopic (exact) mass is 574 g/mol. The number of methoxy groups -OCH3 is 3. The molecule has 1 atom stereocenters. The van der Waals surface area contributed by atoms with Gasteiger partial charge in [-0.15, -0.1) is 0 Å². The Kier molecular flexibility index (Phi) is 10.5. The Balaban J connectivity index is 1.75. The van der Waals surface area contributed by atoms with E-state index in [9.17, 15) is 19.7 Å². The van der Waals surface area contributed by atoms with Crippen LogP contribution in [-0.2, 0) is 16.0 Å². The quantitative estimate of drug-likeness (QED) is 0.162. The summed E-state index contributed by atoms with van der Waals surface area (Å²) in [5.41, 5.74) is 1.87. The van der Waals surface area contributed by atoms with Crippen molar-refractivity contribution in [1.82, 2.24) is 0 Å². The summed E-state index contributed by atoms with van der Waals surface area (Å²) in [5.74, 6) is 1.54. The highest BCUT2D eigenvalue weighted by Crippen LogP contribution is 2.38. The van der Waals surface area contributed by atoms with Gasteiger partial charge in [0.2, 0.25) is 5.91 Å². The first-order chi connectivity index (χ1) is 20.3. The molecule has 1 unspecified atom stereocenters. The lowest BCUT2D eigenvalue weighted by atomic mass is 9.83. The normalized spacial score (nSPS) is 14.1. The van der Waals surface area contributed by atoms with Crippen molar-refractivity contribution in [3.8, 4) is 17.2 Å². The highest BCUT2D eigenvalue weighted by Gasteiger charge is 2.34. The number of nitro benzene ring substituents is 1. The number of carbonyl (C=O) groups is 2. The molecule has 1 saturated carbocycles. The average molecular weight is 575 g/mol. The molecule has 0 N–H and O–H groups in total. The van der Waals surface area contributed by atoms with E-state index in [0.29, 0.717) is 35.6 Å². The number of rotatable bonds is 13. The summed E-state index contributed by atoms with van der Waals surface area (Å²) in [4.78, 5) is 40.7. The van der Waals surface area contributed by atoms with Crippen LogP contribution in [-0.4, -0.2) is 37.9 Å². The van der Waals surface area contributed by atoms with E-state index in [-0.39, 0.29) is 29.7 Å². The molecule has 42 heavy (non-hydrogen) atoms. The zero-order chi connectivity index (χ0) is 30.1. The standard InChI is InChI=1S/C33H38N2O7/c1-40-28-17-9-23(10-18-28)11-20-32(37)34(27-16-19-30(41-2)31(22-27)42-3)33(25-12-14-26(15-13-25)35(38)39)29(36)21-24-7-5-4-6-8-24/h9-10,12-19,22,24,33H,4-8,11,20-21H2,1-3H3. The van der Waals surface area contributed by atoms with Gasteiger partial charge in [-0.05, 0) is 59.9 Å². The number of nitrogens with zero attached hydrogens (tertiary/aromatic N) is 2. The van der Waals surface area contributed by atoms with Crippen molar-refractivity contribution in [3.05, 3.63) is 88.0 Å². The van der Waals surface area contributed by atoms with Crippen molar-refractivity contribution in [2.24, 2.45) is 5.92 Å². The zero-order valence-electron chi connectivity index (χ0n) is 24.4. The Labute approximate surface area is 246 Å². The summed E-state index contributed by atoms with van der Waals surface area (Å²) in [7, 11) is 4.64. The van der Waals surface area contributed by atoms with E-state index < -0.39 is 11.0 Å². The Morgan fingerprint density at radius 3 is 2.14 bits per heavy atom. The smallest absolute Gasteiger partial charge is 0.269 e. The minimum Gasteiger partial charge on any atom is -0.497 e. The molecule has 9 nitrogen and oxygen atoms in total. The van der Waals surface area contributed by atoms with Crippen LogP contribution in [0.15, 0.2) is 66.7 Å². The first-order valence-electron chi connectivity index (χ1n) is 14.3. The highest BCUT2D eigenvalue weighted by molar-refractivity contribution is 6.02. The second kappa shape index (κ2) is 14.5. The van der Waals surface area contributed by atoms with Gasteiger partial charge in [0.1, 0.15) is 11.8 Å². The second-order valence-electron chi connectivity index (χ2n) is 10.6. The molecule has 0 aliphatic heterocycles. The molecular weight excluding hydrogens is 536 g/mol. The molecule has 0 bridgehead atoms.